The third-order valence-corrected chi connectivity index (χ3v) is 4.77. The number of benzene rings is 1. The summed E-state index contributed by atoms with van der Waals surface area (Å²) in [5.41, 5.74) is 1.23. The Bertz CT molecular complexity index is 725. The van der Waals surface area contributed by atoms with Crippen LogP contribution in [-0.4, -0.2) is 60.0 Å². The number of hydrogen-bond acceptors (Lipinski definition) is 4. The molecule has 0 saturated carbocycles. The van der Waals surface area contributed by atoms with E-state index in [4.69, 9.17) is 0 Å². The maximum Gasteiger partial charge on any atom is 0.239 e. The second-order valence-electron chi connectivity index (χ2n) is 6.30. The molecule has 0 spiro atoms. The van der Waals surface area contributed by atoms with Crippen LogP contribution in [0, 0.1) is 0 Å². The number of hydrogen-bond donors (Lipinski definition) is 1. The van der Waals surface area contributed by atoms with Crippen molar-refractivity contribution in [1.29, 1.82) is 0 Å². The van der Waals surface area contributed by atoms with Gasteiger partial charge in [-0.3, -0.25) is 14.6 Å². The van der Waals surface area contributed by atoms with E-state index >= 15 is 0 Å². The topological polar surface area (TPSA) is 48.5 Å². The molecule has 1 fully saturated rings. The number of halogens is 1. The van der Waals surface area contributed by atoms with Gasteiger partial charge in [0.05, 0.1) is 6.54 Å². The molecule has 2 heterocycles. The van der Waals surface area contributed by atoms with Crippen molar-refractivity contribution in [3.05, 3.63) is 64.8 Å². The van der Waals surface area contributed by atoms with Crippen molar-refractivity contribution in [3.63, 3.8) is 0 Å². The fourth-order valence-electron chi connectivity index (χ4n) is 2.87. The molecule has 1 aromatic carbocycles. The molecule has 0 bridgehead atoms. The van der Waals surface area contributed by atoms with Gasteiger partial charge in [0.1, 0.15) is 5.82 Å². The Morgan fingerprint density at radius 3 is 2.50 bits per heavy atom. The van der Waals surface area contributed by atoms with Crippen molar-refractivity contribution in [2.24, 2.45) is 0 Å². The molecule has 2 aromatic rings. The summed E-state index contributed by atoms with van der Waals surface area (Å²) in [5.74, 6) is 0.570. The highest BCUT2D eigenvalue weighted by molar-refractivity contribution is 9.10. The largest absolute Gasteiger partial charge is 0.310 e. The van der Waals surface area contributed by atoms with Gasteiger partial charge < -0.3 is 5.32 Å². The molecule has 0 radical (unpaired) electrons. The van der Waals surface area contributed by atoms with Crippen LogP contribution in [-0.2, 0) is 4.79 Å². The van der Waals surface area contributed by atoms with E-state index in [-0.39, 0.29) is 5.91 Å². The van der Waals surface area contributed by atoms with Gasteiger partial charge in [-0.25, -0.2) is 4.98 Å². The highest BCUT2D eigenvalue weighted by Gasteiger charge is 2.18. The Balaban J connectivity index is 1.37. The minimum atomic E-state index is -0.0164. The second kappa shape index (κ2) is 9.62. The number of nitrogens with zero attached hydrogens (tertiary/aromatic N) is 3. The fourth-order valence-corrected chi connectivity index (χ4v) is 3.10. The molecule has 1 aromatic heterocycles. The van der Waals surface area contributed by atoms with Crippen LogP contribution in [0.1, 0.15) is 5.56 Å². The molecule has 1 N–H and O–H groups in total. The SMILES string of the molecule is O=C(CN1CCN(CC=Cc2ccccc2)CC1)Nc1ccc(Br)cn1. The molecule has 136 valence electrons. The Morgan fingerprint density at radius 1 is 1.08 bits per heavy atom. The Morgan fingerprint density at radius 2 is 1.81 bits per heavy atom. The predicted molar refractivity (Wildman–Crippen MR) is 109 cm³/mol. The highest BCUT2D eigenvalue weighted by Crippen LogP contribution is 2.10. The van der Waals surface area contributed by atoms with E-state index in [2.05, 4.69) is 60.3 Å². The summed E-state index contributed by atoms with van der Waals surface area (Å²) >= 11 is 3.34. The van der Waals surface area contributed by atoms with Crippen LogP contribution in [0.3, 0.4) is 0 Å². The summed E-state index contributed by atoms with van der Waals surface area (Å²) in [6.07, 6.45) is 6.04. The summed E-state index contributed by atoms with van der Waals surface area (Å²) in [7, 11) is 0. The molecular formula is C20H23BrN4O. The molecule has 1 aliphatic heterocycles. The minimum absolute atomic E-state index is 0.0164. The first-order chi connectivity index (χ1) is 12.7. The lowest BCUT2D eigenvalue weighted by Gasteiger charge is -2.33. The van der Waals surface area contributed by atoms with Gasteiger partial charge in [-0.2, -0.15) is 0 Å². The average Bonchev–Trinajstić information content (AvgIpc) is 2.66. The van der Waals surface area contributed by atoms with E-state index in [1.807, 2.05) is 24.3 Å². The Kier molecular flexibility index (Phi) is 6.94. The molecule has 1 aliphatic rings. The number of anilines is 1. The maximum absolute atomic E-state index is 12.1. The van der Waals surface area contributed by atoms with Crippen molar-refractivity contribution in [2.75, 3.05) is 44.6 Å². The summed E-state index contributed by atoms with van der Waals surface area (Å²) < 4.78 is 0.896. The van der Waals surface area contributed by atoms with Gasteiger partial charge in [-0.15, -0.1) is 0 Å². The van der Waals surface area contributed by atoms with E-state index in [9.17, 15) is 4.79 Å². The standard InChI is InChI=1S/C20H23BrN4O/c21-18-8-9-19(22-15-18)23-20(26)16-25-13-11-24(12-14-25)10-4-7-17-5-2-1-3-6-17/h1-9,15H,10-14,16H2,(H,22,23,26). The zero-order chi connectivity index (χ0) is 18.2. The average molecular weight is 415 g/mol. The van der Waals surface area contributed by atoms with Gasteiger partial charge in [-0.1, -0.05) is 42.5 Å². The first-order valence-electron chi connectivity index (χ1n) is 8.77. The van der Waals surface area contributed by atoms with Gasteiger partial charge in [0, 0.05) is 43.4 Å². The Labute approximate surface area is 162 Å². The van der Waals surface area contributed by atoms with Crippen LogP contribution in [0.4, 0.5) is 5.82 Å². The normalized spacial score (nSPS) is 16.0. The number of nitrogens with one attached hydrogen (secondary N) is 1. The van der Waals surface area contributed by atoms with E-state index in [1.165, 1.54) is 5.56 Å². The van der Waals surface area contributed by atoms with Gasteiger partial charge >= 0.3 is 0 Å². The van der Waals surface area contributed by atoms with Gasteiger partial charge in [0.15, 0.2) is 0 Å². The minimum Gasteiger partial charge on any atom is -0.310 e. The number of aromatic nitrogens is 1. The number of amides is 1. The monoisotopic (exact) mass is 414 g/mol. The number of carbonyl (C=O) groups is 1. The van der Waals surface area contributed by atoms with E-state index in [0.29, 0.717) is 12.4 Å². The summed E-state index contributed by atoms with van der Waals surface area (Å²) in [6, 6.07) is 14.0. The lowest BCUT2D eigenvalue weighted by molar-refractivity contribution is -0.117. The van der Waals surface area contributed by atoms with Crippen LogP contribution >= 0.6 is 15.9 Å². The first kappa shape index (κ1) is 18.8. The molecule has 3 rings (SSSR count). The van der Waals surface area contributed by atoms with Crippen LogP contribution in [0.15, 0.2) is 59.2 Å². The van der Waals surface area contributed by atoms with E-state index < -0.39 is 0 Å². The predicted octanol–water partition coefficient (Wildman–Crippen LogP) is 3.11. The molecule has 0 atom stereocenters. The molecule has 26 heavy (non-hydrogen) atoms. The lowest BCUT2D eigenvalue weighted by atomic mass is 10.2. The molecule has 5 nitrogen and oxygen atoms in total. The zero-order valence-corrected chi connectivity index (χ0v) is 16.2. The number of piperazine rings is 1. The van der Waals surface area contributed by atoms with Gasteiger partial charge in [0.2, 0.25) is 5.91 Å². The van der Waals surface area contributed by atoms with Crippen molar-refractivity contribution >= 4 is 33.7 Å². The summed E-state index contributed by atoms with van der Waals surface area (Å²) in [6.45, 7) is 5.11. The quantitative estimate of drug-likeness (QED) is 0.788. The van der Waals surface area contributed by atoms with E-state index in [0.717, 1.165) is 37.2 Å². The smallest absolute Gasteiger partial charge is 0.239 e. The van der Waals surface area contributed by atoms with E-state index in [1.54, 1.807) is 12.3 Å². The Hall–Kier alpha value is -2.02. The van der Waals surface area contributed by atoms with Crippen molar-refractivity contribution in [3.8, 4) is 0 Å². The molecule has 6 heteroatoms. The van der Waals surface area contributed by atoms with Crippen molar-refractivity contribution < 1.29 is 4.79 Å². The van der Waals surface area contributed by atoms with Gasteiger partial charge in [0.25, 0.3) is 0 Å². The van der Waals surface area contributed by atoms with Crippen molar-refractivity contribution in [1.82, 2.24) is 14.8 Å². The van der Waals surface area contributed by atoms with Crippen molar-refractivity contribution in [2.45, 2.75) is 0 Å². The molecule has 0 unspecified atom stereocenters. The zero-order valence-electron chi connectivity index (χ0n) is 14.6. The number of carbonyl (C=O) groups excluding carboxylic acids is 1. The van der Waals surface area contributed by atoms with Crippen LogP contribution in [0.5, 0.6) is 0 Å². The fraction of sp³-hybridized carbons (Fsp3) is 0.300. The summed E-state index contributed by atoms with van der Waals surface area (Å²) in [5, 5.41) is 2.84. The number of rotatable bonds is 6. The molecule has 1 amide bonds. The molecular weight excluding hydrogens is 392 g/mol. The number of pyridine rings is 1. The third kappa shape index (κ3) is 6.05. The van der Waals surface area contributed by atoms with Crippen LogP contribution < -0.4 is 5.32 Å². The van der Waals surface area contributed by atoms with Crippen LogP contribution in [0.2, 0.25) is 0 Å². The highest BCUT2D eigenvalue weighted by atomic mass is 79.9. The first-order valence-corrected chi connectivity index (χ1v) is 9.56. The van der Waals surface area contributed by atoms with Gasteiger partial charge in [-0.05, 0) is 33.6 Å². The summed E-state index contributed by atoms with van der Waals surface area (Å²) in [4.78, 5) is 20.9. The second-order valence-corrected chi connectivity index (χ2v) is 7.22. The lowest BCUT2D eigenvalue weighted by Crippen LogP contribution is -2.48. The molecule has 0 aliphatic carbocycles. The maximum atomic E-state index is 12.1. The van der Waals surface area contributed by atoms with Crippen LogP contribution in [0.25, 0.3) is 6.08 Å². The molecule has 1 saturated heterocycles. The third-order valence-electron chi connectivity index (χ3n) is 4.30.